The zero-order chi connectivity index (χ0) is 15.6. The van der Waals surface area contributed by atoms with Crippen LogP contribution in [0.5, 0.6) is 0 Å². The molecule has 0 saturated carbocycles. The van der Waals surface area contributed by atoms with Crippen LogP contribution in [0.1, 0.15) is 18.5 Å². The molecule has 0 aliphatic carbocycles. The third kappa shape index (κ3) is 3.89. The SMILES string of the molecule is CC(NS(=O)(=O)c1ccc(Cl)c(Cl)c1)c1cccc(N)c1. The van der Waals surface area contributed by atoms with E-state index in [9.17, 15) is 8.42 Å². The maximum absolute atomic E-state index is 12.3. The summed E-state index contributed by atoms with van der Waals surface area (Å²) in [6.07, 6.45) is 0. The van der Waals surface area contributed by atoms with Crippen molar-refractivity contribution < 1.29 is 8.42 Å². The van der Waals surface area contributed by atoms with E-state index in [0.29, 0.717) is 10.7 Å². The van der Waals surface area contributed by atoms with E-state index in [0.717, 1.165) is 5.56 Å². The van der Waals surface area contributed by atoms with Crippen LogP contribution in [0.2, 0.25) is 10.0 Å². The second kappa shape index (κ2) is 6.23. The number of sulfonamides is 1. The van der Waals surface area contributed by atoms with Gasteiger partial charge in [-0.1, -0.05) is 35.3 Å². The van der Waals surface area contributed by atoms with Gasteiger partial charge >= 0.3 is 0 Å². The molecule has 7 heteroatoms. The summed E-state index contributed by atoms with van der Waals surface area (Å²) in [5.41, 5.74) is 7.05. The van der Waals surface area contributed by atoms with Crippen LogP contribution in [0.15, 0.2) is 47.4 Å². The van der Waals surface area contributed by atoms with Crippen LogP contribution in [0.4, 0.5) is 5.69 Å². The summed E-state index contributed by atoms with van der Waals surface area (Å²) >= 11 is 11.6. The molecule has 0 aliphatic heterocycles. The minimum Gasteiger partial charge on any atom is -0.399 e. The van der Waals surface area contributed by atoms with E-state index in [-0.39, 0.29) is 9.92 Å². The van der Waals surface area contributed by atoms with Crippen molar-refractivity contribution in [2.24, 2.45) is 0 Å². The summed E-state index contributed by atoms with van der Waals surface area (Å²) in [7, 11) is -3.69. The van der Waals surface area contributed by atoms with E-state index in [2.05, 4.69) is 4.72 Å². The van der Waals surface area contributed by atoms with Gasteiger partial charge in [0, 0.05) is 11.7 Å². The van der Waals surface area contributed by atoms with Crippen LogP contribution in [0, 0.1) is 0 Å². The molecule has 0 spiro atoms. The number of hydrogen-bond donors (Lipinski definition) is 2. The minimum absolute atomic E-state index is 0.0626. The first-order chi connectivity index (χ1) is 9.79. The molecule has 0 heterocycles. The van der Waals surface area contributed by atoms with E-state index in [1.807, 2.05) is 0 Å². The minimum atomic E-state index is -3.69. The molecule has 0 aliphatic rings. The van der Waals surface area contributed by atoms with E-state index in [1.54, 1.807) is 31.2 Å². The van der Waals surface area contributed by atoms with Crippen LogP contribution in [-0.2, 0) is 10.0 Å². The lowest BCUT2D eigenvalue weighted by Gasteiger charge is -2.15. The highest BCUT2D eigenvalue weighted by Crippen LogP contribution is 2.26. The third-order valence-corrected chi connectivity index (χ3v) is 5.22. The van der Waals surface area contributed by atoms with E-state index in [4.69, 9.17) is 28.9 Å². The first kappa shape index (κ1) is 16.1. The Morgan fingerprint density at radius 2 is 1.81 bits per heavy atom. The Bertz CT molecular complexity index is 763. The third-order valence-electron chi connectivity index (χ3n) is 2.94. The van der Waals surface area contributed by atoms with Crippen molar-refractivity contribution in [2.45, 2.75) is 17.9 Å². The second-order valence-corrected chi connectivity index (χ2v) is 7.12. The highest BCUT2D eigenvalue weighted by Gasteiger charge is 2.19. The molecular weight excluding hydrogens is 331 g/mol. The van der Waals surface area contributed by atoms with Gasteiger partial charge in [0.2, 0.25) is 10.0 Å². The Labute approximate surface area is 133 Å². The van der Waals surface area contributed by atoms with Crippen LogP contribution in [0.3, 0.4) is 0 Å². The molecule has 1 unspecified atom stereocenters. The van der Waals surface area contributed by atoms with Crippen molar-refractivity contribution in [3.05, 3.63) is 58.1 Å². The number of nitrogen functional groups attached to an aromatic ring is 1. The lowest BCUT2D eigenvalue weighted by Crippen LogP contribution is -2.27. The summed E-state index contributed by atoms with van der Waals surface area (Å²) in [5.74, 6) is 0. The van der Waals surface area contributed by atoms with Crippen LogP contribution in [0.25, 0.3) is 0 Å². The van der Waals surface area contributed by atoms with Gasteiger partial charge in [-0.3, -0.25) is 0 Å². The molecule has 21 heavy (non-hydrogen) atoms. The zero-order valence-electron chi connectivity index (χ0n) is 11.2. The first-order valence-corrected chi connectivity index (χ1v) is 8.36. The summed E-state index contributed by atoms with van der Waals surface area (Å²) in [4.78, 5) is 0.0626. The molecule has 0 amide bonds. The summed E-state index contributed by atoms with van der Waals surface area (Å²) in [5, 5.41) is 0.496. The Morgan fingerprint density at radius 3 is 2.43 bits per heavy atom. The molecule has 2 aromatic rings. The van der Waals surface area contributed by atoms with Gasteiger partial charge in [0.1, 0.15) is 0 Å². The molecule has 0 saturated heterocycles. The fourth-order valence-electron chi connectivity index (χ4n) is 1.84. The molecule has 1 atom stereocenters. The summed E-state index contributed by atoms with van der Waals surface area (Å²) < 4.78 is 27.2. The number of benzene rings is 2. The fraction of sp³-hybridized carbons (Fsp3) is 0.143. The monoisotopic (exact) mass is 344 g/mol. The van der Waals surface area contributed by atoms with Gasteiger partial charge in [0.15, 0.2) is 0 Å². The molecule has 4 nitrogen and oxygen atoms in total. The standard InChI is InChI=1S/C14H14Cl2N2O2S/c1-9(10-3-2-4-11(17)7-10)18-21(19,20)12-5-6-13(15)14(16)8-12/h2-9,18H,17H2,1H3. The molecule has 3 N–H and O–H groups in total. The molecule has 0 bridgehead atoms. The number of halogens is 2. The number of nitrogens with one attached hydrogen (secondary N) is 1. The predicted molar refractivity (Wildman–Crippen MR) is 86.1 cm³/mol. The second-order valence-electron chi connectivity index (χ2n) is 4.59. The number of hydrogen-bond acceptors (Lipinski definition) is 3. The lowest BCUT2D eigenvalue weighted by molar-refractivity contribution is 0.567. The highest BCUT2D eigenvalue weighted by atomic mass is 35.5. The molecule has 2 rings (SSSR count). The quantitative estimate of drug-likeness (QED) is 0.832. The smallest absolute Gasteiger partial charge is 0.241 e. The predicted octanol–water partition coefficient (Wildman–Crippen LogP) is 3.62. The van der Waals surface area contributed by atoms with Crippen LogP contribution < -0.4 is 10.5 Å². The average Bonchev–Trinajstić information content (AvgIpc) is 2.41. The first-order valence-electron chi connectivity index (χ1n) is 6.12. The number of anilines is 1. The van der Waals surface area contributed by atoms with Crippen molar-refractivity contribution in [3.63, 3.8) is 0 Å². The maximum atomic E-state index is 12.3. The lowest BCUT2D eigenvalue weighted by atomic mass is 10.1. The van der Waals surface area contributed by atoms with Crippen molar-refractivity contribution in [3.8, 4) is 0 Å². The van der Waals surface area contributed by atoms with Gasteiger partial charge in [-0.15, -0.1) is 0 Å². The summed E-state index contributed by atoms with van der Waals surface area (Å²) in [6.45, 7) is 1.74. The highest BCUT2D eigenvalue weighted by molar-refractivity contribution is 7.89. The van der Waals surface area contributed by atoms with Gasteiger partial charge in [0.25, 0.3) is 0 Å². The van der Waals surface area contributed by atoms with Gasteiger partial charge in [0.05, 0.1) is 14.9 Å². The number of rotatable bonds is 4. The topological polar surface area (TPSA) is 72.2 Å². The van der Waals surface area contributed by atoms with E-state index < -0.39 is 16.1 Å². The Hall–Kier alpha value is -1.27. The van der Waals surface area contributed by atoms with E-state index in [1.165, 1.54) is 18.2 Å². The van der Waals surface area contributed by atoms with E-state index >= 15 is 0 Å². The van der Waals surface area contributed by atoms with Crippen LogP contribution in [-0.4, -0.2) is 8.42 Å². The molecule has 0 aromatic heterocycles. The summed E-state index contributed by atoms with van der Waals surface area (Å²) in [6, 6.07) is 10.8. The average molecular weight is 345 g/mol. The normalized spacial score (nSPS) is 13.1. The van der Waals surface area contributed by atoms with Crippen molar-refractivity contribution in [1.82, 2.24) is 4.72 Å². The fourth-order valence-corrected chi connectivity index (χ4v) is 3.46. The Kier molecular flexibility index (Phi) is 4.78. The number of nitrogens with two attached hydrogens (primary N) is 1. The van der Waals surface area contributed by atoms with Gasteiger partial charge in [-0.05, 0) is 42.8 Å². The van der Waals surface area contributed by atoms with Crippen LogP contribution >= 0.6 is 23.2 Å². The Balaban J connectivity index is 2.26. The van der Waals surface area contributed by atoms with Gasteiger partial charge in [-0.25, -0.2) is 13.1 Å². The van der Waals surface area contributed by atoms with Crippen molar-refractivity contribution in [2.75, 3.05) is 5.73 Å². The largest absolute Gasteiger partial charge is 0.399 e. The van der Waals surface area contributed by atoms with Crippen molar-refractivity contribution >= 4 is 38.9 Å². The van der Waals surface area contributed by atoms with Gasteiger partial charge < -0.3 is 5.73 Å². The maximum Gasteiger partial charge on any atom is 0.241 e. The molecule has 0 radical (unpaired) electrons. The van der Waals surface area contributed by atoms with Crippen molar-refractivity contribution in [1.29, 1.82) is 0 Å². The molecule has 0 fully saturated rings. The van der Waals surface area contributed by atoms with Gasteiger partial charge in [-0.2, -0.15) is 0 Å². The Morgan fingerprint density at radius 1 is 1.10 bits per heavy atom. The molecular formula is C14H14Cl2N2O2S. The zero-order valence-corrected chi connectivity index (χ0v) is 13.5. The molecule has 2 aromatic carbocycles. The molecule has 112 valence electrons.